The summed E-state index contributed by atoms with van der Waals surface area (Å²) in [6.07, 6.45) is 7.30. The van der Waals surface area contributed by atoms with E-state index in [4.69, 9.17) is 4.74 Å². The third-order valence-electron chi connectivity index (χ3n) is 7.42. The normalized spacial score (nSPS) is 38.4. The molecule has 4 rings (SSSR count). The van der Waals surface area contributed by atoms with E-state index in [0.717, 1.165) is 24.0 Å². The molecule has 0 aliphatic heterocycles. The third-order valence-corrected chi connectivity index (χ3v) is 7.42. The predicted octanol–water partition coefficient (Wildman–Crippen LogP) is 4.76. The minimum absolute atomic E-state index is 0.261. The van der Waals surface area contributed by atoms with E-state index < -0.39 is 0 Å². The number of rotatable bonds is 2. The number of carbonyl (C=O) groups excluding carboxylic acids is 1. The van der Waals surface area contributed by atoms with Gasteiger partial charge in [-0.2, -0.15) is 0 Å². The minimum Gasteiger partial charge on any atom is -0.497 e. The molecule has 1 aromatic carbocycles. The van der Waals surface area contributed by atoms with Crippen LogP contribution in [-0.4, -0.2) is 12.9 Å². The largest absolute Gasteiger partial charge is 0.497 e. The van der Waals surface area contributed by atoms with Gasteiger partial charge in [0.05, 0.1) is 7.11 Å². The van der Waals surface area contributed by atoms with Gasteiger partial charge in [-0.25, -0.2) is 0 Å². The third kappa shape index (κ3) is 2.17. The summed E-state index contributed by atoms with van der Waals surface area (Å²) in [5.41, 5.74) is 3.32. The Kier molecular flexibility index (Phi) is 3.55. The van der Waals surface area contributed by atoms with Gasteiger partial charge in [-0.3, -0.25) is 4.79 Å². The lowest BCUT2D eigenvalue weighted by Crippen LogP contribution is -2.43. The highest BCUT2D eigenvalue weighted by atomic mass is 16.5. The van der Waals surface area contributed by atoms with E-state index in [2.05, 4.69) is 25.1 Å². The molecule has 1 aromatic rings. The molecular weight excluding hydrogens is 284 g/mol. The Hall–Kier alpha value is -1.31. The number of benzene rings is 1. The molecule has 0 heterocycles. The minimum atomic E-state index is 0.261. The van der Waals surface area contributed by atoms with Crippen LogP contribution in [0.2, 0.25) is 0 Å². The van der Waals surface area contributed by atoms with Crippen molar-refractivity contribution in [1.82, 2.24) is 0 Å². The first-order valence-corrected chi connectivity index (χ1v) is 9.22. The SMILES string of the molecule is COc1ccc2c(c1)CC[C@@H]1[C@H]3CC[C@H](C(C)=O)[C@@]3(C)CC[C@@H]21. The second-order valence-corrected chi connectivity index (χ2v) is 8.27. The summed E-state index contributed by atoms with van der Waals surface area (Å²) in [5.74, 6) is 3.94. The smallest absolute Gasteiger partial charge is 0.133 e. The number of carbonyl (C=O) groups is 1. The second kappa shape index (κ2) is 5.36. The molecule has 0 N–H and O–H groups in total. The van der Waals surface area contributed by atoms with Crippen molar-refractivity contribution in [3.8, 4) is 5.75 Å². The molecule has 0 saturated heterocycles. The highest BCUT2D eigenvalue weighted by molar-refractivity contribution is 5.79. The molecule has 0 bridgehead atoms. The molecule has 23 heavy (non-hydrogen) atoms. The van der Waals surface area contributed by atoms with Crippen molar-refractivity contribution >= 4 is 5.78 Å². The first kappa shape index (κ1) is 15.2. The van der Waals surface area contributed by atoms with Gasteiger partial charge in [0.2, 0.25) is 0 Å². The number of ether oxygens (including phenoxy) is 1. The van der Waals surface area contributed by atoms with Gasteiger partial charge in [-0.1, -0.05) is 13.0 Å². The van der Waals surface area contributed by atoms with Crippen molar-refractivity contribution in [2.75, 3.05) is 7.11 Å². The van der Waals surface area contributed by atoms with Crippen LogP contribution in [0.25, 0.3) is 0 Å². The van der Waals surface area contributed by atoms with Gasteiger partial charge in [0.25, 0.3) is 0 Å². The van der Waals surface area contributed by atoms with Crippen LogP contribution in [0.1, 0.15) is 63.0 Å². The number of ketones is 1. The summed E-state index contributed by atoms with van der Waals surface area (Å²) in [6.45, 7) is 4.23. The summed E-state index contributed by atoms with van der Waals surface area (Å²) in [5, 5.41) is 0. The van der Waals surface area contributed by atoms with Gasteiger partial charge in [0.15, 0.2) is 0 Å². The topological polar surface area (TPSA) is 26.3 Å². The van der Waals surface area contributed by atoms with Crippen LogP contribution < -0.4 is 4.74 Å². The average molecular weight is 312 g/mol. The van der Waals surface area contributed by atoms with Gasteiger partial charge < -0.3 is 4.74 Å². The Balaban J connectivity index is 1.66. The fourth-order valence-corrected chi connectivity index (χ4v) is 6.35. The summed E-state index contributed by atoms with van der Waals surface area (Å²) in [4.78, 5) is 12.1. The summed E-state index contributed by atoms with van der Waals surface area (Å²) in [7, 11) is 1.75. The average Bonchev–Trinajstić information content (AvgIpc) is 2.91. The van der Waals surface area contributed by atoms with Crippen molar-refractivity contribution in [2.24, 2.45) is 23.2 Å². The van der Waals surface area contributed by atoms with E-state index in [1.165, 1.54) is 37.7 Å². The first-order chi connectivity index (χ1) is 11.0. The molecule has 0 radical (unpaired) electrons. The van der Waals surface area contributed by atoms with Crippen LogP contribution in [0.3, 0.4) is 0 Å². The number of hydrogen-bond donors (Lipinski definition) is 0. The maximum atomic E-state index is 12.1. The van der Waals surface area contributed by atoms with Gasteiger partial charge in [-0.15, -0.1) is 0 Å². The zero-order valence-electron chi connectivity index (χ0n) is 14.6. The van der Waals surface area contributed by atoms with Crippen LogP contribution in [-0.2, 0) is 11.2 Å². The number of Topliss-reactive ketones (excluding diaryl/α,β-unsaturated/α-hetero) is 1. The standard InChI is InChI=1S/C21H28O2/c1-13(22)19-8-9-20-18-6-4-14-12-15(23-3)5-7-16(14)17(18)10-11-21(19,20)2/h5,7,12,17-20H,4,6,8-11H2,1-3H3/t17-,18-,19+,20+,21+/m0/s1. The van der Waals surface area contributed by atoms with Crippen LogP contribution in [0.4, 0.5) is 0 Å². The Bertz CT molecular complexity index is 635. The summed E-state index contributed by atoms with van der Waals surface area (Å²) in [6, 6.07) is 6.68. The lowest BCUT2D eigenvalue weighted by atomic mass is 9.54. The zero-order valence-corrected chi connectivity index (χ0v) is 14.6. The second-order valence-electron chi connectivity index (χ2n) is 8.27. The van der Waals surface area contributed by atoms with E-state index in [1.54, 1.807) is 12.7 Å². The summed E-state index contributed by atoms with van der Waals surface area (Å²) < 4.78 is 5.40. The maximum absolute atomic E-state index is 12.1. The van der Waals surface area contributed by atoms with Gasteiger partial charge in [0, 0.05) is 5.92 Å². The van der Waals surface area contributed by atoms with E-state index in [1.807, 2.05) is 6.92 Å². The van der Waals surface area contributed by atoms with Crippen molar-refractivity contribution in [2.45, 2.75) is 58.3 Å². The van der Waals surface area contributed by atoms with Crippen molar-refractivity contribution in [3.63, 3.8) is 0 Å². The zero-order chi connectivity index (χ0) is 16.2. The lowest BCUT2D eigenvalue weighted by molar-refractivity contribution is -0.125. The van der Waals surface area contributed by atoms with Crippen LogP contribution >= 0.6 is 0 Å². The van der Waals surface area contributed by atoms with E-state index >= 15 is 0 Å². The predicted molar refractivity (Wildman–Crippen MR) is 91.8 cm³/mol. The van der Waals surface area contributed by atoms with Crippen molar-refractivity contribution in [1.29, 1.82) is 0 Å². The first-order valence-electron chi connectivity index (χ1n) is 9.22. The molecule has 0 amide bonds. The van der Waals surface area contributed by atoms with Gasteiger partial charge in [0.1, 0.15) is 11.5 Å². The van der Waals surface area contributed by atoms with Crippen LogP contribution in [0.15, 0.2) is 18.2 Å². The Morgan fingerprint density at radius 1 is 1.22 bits per heavy atom. The lowest BCUT2D eigenvalue weighted by Gasteiger charge is -2.50. The molecule has 5 atom stereocenters. The monoisotopic (exact) mass is 312 g/mol. The molecule has 0 aromatic heterocycles. The molecular formula is C21H28O2. The molecule has 124 valence electrons. The van der Waals surface area contributed by atoms with Crippen LogP contribution in [0, 0.1) is 23.2 Å². The number of fused-ring (bicyclic) bond motifs is 5. The molecule has 3 aliphatic rings. The molecule has 0 spiro atoms. The Labute approximate surface area is 139 Å². The number of aryl methyl sites for hydroxylation is 1. The van der Waals surface area contributed by atoms with Crippen molar-refractivity contribution < 1.29 is 9.53 Å². The fraction of sp³-hybridized carbons (Fsp3) is 0.667. The number of hydrogen-bond acceptors (Lipinski definition) is 2. The molecule has 0 unspecified atom stereocenters. The summed E-state index contributed by atoms with van der Waals surface area (Å²) >= 11 is 0. The molecule has 2 heteroatoms. The maximum Gasteiger partial charge on any atom is 0.133 e. The Morgan fingerprint density at radius 3 is 2.78 bits per heavy atom. The van der Waals surface area contributed by atoms with Gasteiger partial charge >= 0.3 is 0 Å². The number of methoxy groups -OCH3 is 1. The van der Waals surface area contributed by atoms with E-state index in [-0.39, 0.29) is 5.41 Å². The quantitative estimate of drug-likeness (QED) is 0.787. The van der Waals surface area contributed by atoms with Crippen molar-refractivity contribution in [3.05, 3.63) is 29.3 Å². The van der Waals surface area contributed by atoms with E-state index in [0.29, 0.717) is 17.6 Å². The van der Waals surface area contributed by atoms with Crippen LogP contribution in [0.5, 0.6) is 5.75 Å². The molecule has 2 nitrogen and oxygen atoms in total. The highest BCUT2D eigenvalue weighted by Crippen LogP contribution is 2.63. The fourth-order valence-electron chi connectivity index (χ4n) is 6.35. The molecule has 2 saturated carbocycles. The highest BCUT2D eigenvalue weighted by Gasteiger charge is 2.55. The van der Waals surface area contributed by atoms with Gasteiger partial charge in [-0.05, 0) is 91.9 Å². The molecule has 2 fully saturated rings. The Morgan fingerprint density at radius 2 is 2.04 bits per heavy atom. The van der Waals surface area contributed by atoms with E-state index in [9.17, 15) is 4.79 Å². The molecule has 3 aliphatic carbocycles.